The Balaban J connectivity index is 6.24. The van der Waals surface area contributed by atoms with Crippen LogP contribution in [0.2, 0.25) is 0 Å². The first-order valence-corrected chi connectivity index (χ1v) is 9.00. The minimum Gasteiger partial charge on any atom is -0.450 e. The van der Waals surface area contributed by atoms with Crippen LogP contribution in [0.25, 0.3) is 0 Å². The molecule has 0 rings (SSSR count). The number of amides is 2. The summed E-state index contributed by atoms with van der Waals surface area (Å²) in [6, 6.07) is 0. The highest BCUT2D eigenvalue weighted by Gasteiger charge is 2.62. The Labute approximate surface area is 173 Å². The van der Waals surface area contributed by atoms with Crippen molar-refractivity contribution in [3.05, 3.63) is 0 Å². The fourth-order valence-corrected chi connectivity index (χ4v) is 3.38. The van der Waals surface area contributed by atoms with Crippen molar-refractivity contribution < 1.29 is 54.2 Å². The highest BCUT2D eigenvalue weighted by Crippen LogP contribution is 2.52. The number of hydrogen-bond acceptors (Lipinski definition) is 4. The topological polar surface area (TPSA) is 105 Å². The second-order valence-electron chi connectivity index (χ2n) is 8.04. The van der Waals surface area contributed by atoms with E-state index in [9.17, 15) is 44.7 Å². The van der Waals surface area contributed by atoms with Gasteiger partial charge in [0.15, 0.2) is 0 Å². The molecule has 6 nitrogen and oxygen atoms in total. The highest BCUT2D eigenvalue weighted by atomic mass is 19.3. The number of ether oxygens (including phenoxy) is 2. The standard InChI is InChI=1S/C17H26F8N2O4/c1-9(4-5-30-12(26)28)6-14(2,3)15(31-13(27)29,7-16(22,23)10(18)19)8-17(24,25)11(20)21/h9-11H,4-8H2,1-3H3,(H2,26,28)(H2,27,29). The van der Waals surface area contributed by atoms with Crippen LogP contribution in [0, 0.1) is 11.3 Å². The maximum absolute atomic E-state index is 13.9. The summed E-state index contributed by atoms with van der Waals surface area (Å²) >= 11 is 0. The third-order valence-electron chi connectivity index (χ3n) is 4.92. The molecule has 2 amide bonds. The number of primary amides is 2. The summed E-state index contributed by atoms with van der Waals surface area (Å²) in [6.45, 7) is 3.24. The molecule has 0 heterocycles. The third-order valence-corrected chi connectivity index (χ3v) is 4.92. The van der Waals surface area contributed by atoms with Gasteiger partial charge in [-0.1, -0.05) is 20.8 Å². The van der Waals surface area contributed by atoms with Gasteiger partial charge >= 0.3 is 36.9 Å². The van der Waals surface area contributed by atoms with E-state index < -0.39 is 66.7 Å². The normalized spacial score (nSPS) is 14.6. The summed E-state index contributed by atoms with van der Waals surface area (Å²) in [4.78, 5) is 22.0. The molecule has 0 aliphatic heterocycles. The van der Waals surface area contributed by atoms with Gasteiger partial charge in [0.05, 0.1) is 19.4 Å². The fourth-order valence-electron chi connectivity index (χ4n) is 3.38. The number of carbonyl (C=O) groups excluding carboxylic acids is 2. The van der Waals surface area contributed by atoms with Crippen LogP contribution < -0.4 is 11.5 Å². The SMILES string of the molecule is CC(CCOC(N)=O)CC(C)(C)C(CC(F)(F)C(F)F)(CC(F)(F)C(F)F)OC(N)=O. The van der Waals surface area contributed by atoms with Gasteiger partial charge < -0.3 is 20.9 Å². The maximum atomic E-state index is 13.9. The molecule has 31 heavy (non-hydrogen) atoms. The van der Waals surface area contributed by atoms with E-state index in [4.69, 9.17) is 11.5 Å². The molecule has 0 aliphatic carbocycles. The summed E-state index contributed by atoms with van der Waals surface area (Å²) in [5.41, 5.74) is 4.42. The zero-order chi connectivity index (χ0) is 24.8. The lowest BCUT2D eigenvalue weighted by Crippen LogP contribution is -2.57. The number of carbonyl (C=O) groups is 2. The minimum atomic E-state index is -4.97. The molecule has 0 spiro atoms. The van der Waals surface area contributed by atoms with E-state index >= 15 is 0 Å². The van der Waals surface area contributed by atoms with Crippen LogP contribution in [-0.2, 0) is 9.47 Å². The lowest BCUT2D eigenvalue weighted by atomic mass is 9.64. The molecule has 4 N–H and O–H groups in total. The van der Waals surface area contributed by atoms with Crippen molar-refractivity contribution >= 4 is 12.2 Å². The van der Waals surface area contributed by atoms with E-state index in [0.717, 1.165) is 13.8 Å². The van der Waals surface area contributed by atoms with Gasteiger partial charge in [-0.3, -0.25) is 0 Å². The van der Waals surface area contributed by atoms with E-state index in [0.29, 0.717) is 0 Å². The monoisotopic (exact) mass is 474 g/mol. The summed E-state index contributed by atoms with van der Waals surface area (Å²) in [6.07, 6.45) is -16.4. The zero-order valence-electron chi connectivity index (χ0n) is 17.1. The smallest absolute Gasteiger partial charge is 0.405 e. The van der Waals surface area contributed by atoms with Crippen LogP contribution in [0.1, 0.15) is 46.5 Å². The second kappa shape index (κ2) is 10.5. The van der Waals surface area contributed by atoms with Gasteiger partial charge in [-0.05, 0) is 18.8 Å². The van der Waals surface area contributed by atoms with Crippen LogP contribution in [0.15, 0.2) is 0 Å². The van der Waals surface area contributed by atoms with Crippen LogP contribution >= 0.6 is 0 Å². The molecular formula is C17H26F8N2O4. The summed E-state index contributed by atoms with van der Waals surface area (Å²) in [5, 5.41) is 0. The van der Waals surface area contributed by atoms with Crippen LogP contribution in [0.5, 0.6) is 0 Å². The predicted octanol–water partition coefficient (Wildman–Crippen LogP) is 4.94. The average Bonchev–Trinajstić information content (AvgIpc) is 2.51. The zero-order valence-corrected chi connectivity index (χ0v) is 17.1. The molecular weight excluding hydrogens is 448 g/mol. The van der Waals surface area contributed by atoms with E-state index in [1.54, 1.807) is 0 Å². The first-order valence-electron chi connectivity index (χ1n) is 9.00. The highest BCUT2D eigenvalue weighted by molar-refractivity contribution is 5.65. The number of alkyl halides is 8. The summed E-state index contributed by atoms with van der Waals surface area (Å²) < 4.78 is 116. The maximum Gasteiger partial charge on any atom is 0.405 e. The number of nitrogens with two attached hydrogens (primary N) is 2. The van der Waals surface area contributed by atoms with Gasteiger partial charge in [0.1, 0.15) is 5.60 Å². The first-order chi connectivity index (χ1) is 13.8. The quantitative estimate of drug-likeness (QED) is 0.369. The van der Waals surface area contributed by atoms with E-state index in [1.807, 2.05) is 0 Å². The molecule has 0 aromatic heterocycles. The molecule has 14 heteroatoms. The Hall–Kier alpha value is -2.02. The average molecular weight is 474 g/mol. The van der Waals surface area contributed by atoms with Crippen molar-refractivity contribution in [1.29, 1.82) is 0 Å². The van der Waals surface area contributed by atoms with Gasteiger partial charge in [-0.15, -0.1) is 0 Å². The molecule has 0 aromatic rings. The minimum absolute atomic E-state index is 0.0233. The Bertz CT molecular complexity index is 595. The molecule has 0 aliphatic rings. The van der Waals surface area contributed by atoms with Crippen molar-refractivity contribution in [3.8, 4) is 0 Å². The fraction of sp³-hybridized carbons (Fsp3) is 0.882. The van der Waals surface area contributed by atoms with Crippen molar-refractivity contribution in [3.63, 3.8) is 0 Å². The Morgan fingerprint density at radius 2 is 1.29 bits per heavy atom. The number of halogens is 8. The largest absolute Gasteiger partial charge is 0.450 e. The predicted molar refractivity (Wildman–Crippen MR) is 92.2 cm³/mol. The second-order valence-corrected chi connectivity index (χ2v) is 8.04. The molecule has 0 radical (unpaired) electrons. The lowest BCUT2D eigenvalue weighted by molar-refractivity contribution is -0.232. The van der Waals surface area contributed by atoms with Crippen molar-refractivity contribution in [1.82, 2.24) is 0 Å². The Kier molecular flexibility index (Phi) is 9.84. The summed E-state index contributed by atoms with van der Waals surface area (Å²) in [5.74, 6) is -10.6. The van der Waals surface area contributed by atoms with E-state index in [-0.39, 0.29) is 19.4 Å². The van der Waals surface area contributed by atoms with Gasteiger partial charge in [-0.2, -0.15) is 0 Å². The molecule has 1 atom stereocenters. The summed E-state index contributed by atoms with van der Waals surface area (Å²) in [7, 11) is 0. The van der Waals surface area contributed by atoms with Crippen molar-refractivity contribution in [2.24, 2.45) is 22.8 Å². The molecule has 0 bridgehead atoms. The van der Waals surface area contributed by atoms with Crippen molar-refractivity contribution in [2.75, 3.05) is 6.61 Å². The van der Waals surface area contributed by atoms with Gasteiger partial charge in [0.2, 0.25) is 0 Å². The van der Waals surface area contributed by atoms with Crippen LogP contribution in [0.3, 0.4) is 0 Å². The third kappa shape index (κ3) is 8.56. The van der Waals surface area contributed by atoms with Gasteiger partial charge in [0.25, 0.3) is 0 Å². The Morgan fingerprint density at radius 1 is 0.871 bits per heavy atom. The van der Waals surface area contributed by atoms with E-state index in [2.05, 4.69) is 9.47 Å². The van der Waals surface area contributed by atoms with Gasteiger partial charge in [-0.25, -0.2) is 44.7 Å². The first kappa shape index (κ1) is 29.0. The van der Waals surface area contributed by atoms with Crippen LogP contribution in [0.4, 0.5) is 44.7 Å². The number of hydrogen-bond donors (Lipinski definition) is 2. The number of rotatable bonds is 13. The molecule has 184 valence electrons. The molecule has 0 saturated carbocycles. The van der Waals surface area contributed by atoms with Crippen LogP contribution in [-0.4, -0.2) is 49.1 Å². The van der Waals surface area contributed by atoms with Crippen molar-refractivity contribution in [2.45, 2.75) is 76.8 Å². The van der Waals surface area contributed by atoms with Gasteiger partial charge in [0, 0.05) is 5.41 Å². The molecule has 0 aromatic carbocycles. The lowest BCUT2D eigenvalue weighted by Gasteiger charge is -2.49. The molecule has 1 unspecified atom stereocenters. The van der Waals surface area contributed by atoms with E-state index in [1.165, 1.54) is 6.92 Å². The molecule has 0 saturated heterocycles. The Morgan fingerprint density at radius 3 is 1.61 bits per heavy atom. The molecule has 0 fully saturated rings.